The molecule has 3 heterocycles. The van der Waals surface area contributed by atoms with Crippen molar-refractivity contribution < 1.29 is 4.74 Å². The fraction of sp³-hybridized carbons (Fsp3) is 0.571. The molecule has 0 radical (unpaired) electrons. The first-order valence-electron chi connectivity index (χ1n) is 10.1. The minimum Gasteiger partial charge on any atom is -0.378 e. The third-order valence-electron chi connectivity index (χ3n) is 6.52. The summed E-state index contributed by atoms with van der Waals surface area (Å²) in [6, 6.07) is 10.2. The van der Waals surface area contributed by atoms with Gasteiger partial charge in [0.25, 0.3) is 0 Å². The monoisotopic (exact) mass is 363 g/mol. The lowest BCUT2D eigenvalue weighted by Crippen LogP contribution is -2.52. The Hall–Kier alpha value is -2.23. The summed E-state index contributed by atoms with van der Waals surface area (Å²) in [5, 5.41) is 13.8. The van der Waals surface area contributed by atoms with Crippen molar-refractivity contribution in [3.63, 3.8) is 0 Å². The minimum atomic E-state index is 0.434. The summed E-state index contributed by atoms with van der Waals surface area (Å²) in [4.78, 5) is 11.6. The molecule has 1 aromatic carbocycles. The molecular formula is C21H25N5O. The molecule has 3 fully saturated rings. The maximum atomic E-state index is 9.19. The smallest absolute Gasteiger partial charge is 0.137 e. The van der Waals surface area contributed by atoms with Gasteiger partial charge in [0.1, 0.15) is 12.1 Å². The van der Waals surface area contributed by atoms with E-state index in [0.29, 0.717) is 29.7 Å². The molecule has 140 valence electrons. The van der Waals surface area contributed by atoms with Crippen LogP contribution in [0, 0.1) is 11.3 Å². The summed E-state index contributed by atoms with van der Waals surface area (Å²) in [6.45, 7) is 1.84. The van der Waals surface area contributed by atoms with Gasteiger partial charge in [-0.1, -0.05) is 0 Å². The molecule has 2 unspecified atom stereocenters. The summed E-state index contributed by atoms with van der Waals surface area (Å²) < 4.78 is 5.75. The lowest BCUT2D eigenvalue weighted by atomic mass is 9.89. The molecule has 2 bridgehead atoms. The summed E-state index contributed by atoms with van der Waals surface area (Å²) in [5.41, 5.74) is 1.52. The third kappa shape index (κ3) is 3.15. The number of rotatable bonds is 3. The SMILES string of the molecule is N#Cc1ccc2ncnc(N[C@H]3CC[C@H](N4C5CCC4COC5)CC3)c2c1. The van der Waals surface area contributed by atoms with Gasteiger partial charge in [-0.25, -0.2) is 9.97 Å². The van der Waals surface area contributed by atoms with Crippen LogP contribution < -0.4 is 5.32 Å². The van der Waals surface area contributed by atoms with Gasteiger partial charge in [0.05, 0.1) is 30.4 Å². The summed E-state index contributed by atoms with van der Waals surface area (Å²) in [5.74, 6) is 0.854. The Morgan fingerprint density at radius 1 is 1.00 bits per heavy atom. The highest BCUT2D eigenvalue weighted by Crippen LogP contribution is 2.36. The van der Waals surface area contributed by atoms with Gasteiger partial charge in [0.2, 0.25) is 0 Å². The van der Waals surface area contributed by atoms with E-state index in [4.69, 9.17) is 4.74 Å². The molecule has 27 heavy (non-hydrogen) atoms. The zero-order valence-corrected chi connectivity index (χ0v) is 15.5. The van der Waals surface area contributed by atoms with Gasteiger partial charge in [-0.3, -0.25) is 4.90 Å². The number of ether oxygens (including phenoxy) is 1. The highest BCUT2D eigenvalue weighted by atomic mass is 16.5. The van der Waals surface area contributed by atoms with Crippen molar-refractivity contribution in [3.05, 3.63) is 30.1 Å². The number of hydrogen-bond acceptors (Lipinski definition) is 6. The van der Waals surface area contributed by atoms with Crippen LogP contribution in [0.1, 0.15) is 44.1 Å². The maximum Gasteiger partial charge on any atom is 0.137 e. The zero-order chi connectivity index (χ0) is 18.2. The van der Waals surface area contributed by atoms with E-state index in [-0.39, 0.29) is 0 Å². The molecule has 1 saturated carbocycles. The van der Waals surface area contributed by atoms with Crippen LogP contribution in [0.25, 0.3) is 10.9 Å². The Morgan fingerprint density at radius 3 is 2.48 bits per heavy atom. The topological polar surface area (TPSA) is 74.1 Å². The van der Waals surface area contributed by atoms with Crippen LogP contribution in [-0.4, -0.2) is 52.2 Å². The number of nitrogens with zero attached hydrogens (tertiary/aromatic N) is 4. The maximum absolute atomic E-state index is 9.19. The summed E-state index contributed by atoms with van der Waals surface area (Å²) in [6.07, 6.45) is 8.99. The number of nitrogens with one attached hydrogen (secondary N) is 1. The molecule has 1 aliphatic carbocycles. The van der Waals surface area contributed by atoms with Crippen molar-refractivity contribution in [2.24, 2.45) is 0 Å². The minimum absolute atomic E-state index is 0.434. The van der Waals surface area contributed by atoms with Gasteiger partial charge in [0.15, 0.2) is 0 Å². The predicted octanol–water partition coefficient (Wildman–Crippen LogP) is 3.09. The van der Waals surface area contributed by atoms with Crippen LogP contribution in [-0.2, 0) is 4.74 Å². The molecule has 2 aliphatic heterocycles. The van der Waals surface area contributed by atoms with Gasteiger partial charge in [-0.15, -0.1) is 0 Å². The highest BCUT2D eigenvalue weighted by molar-refractivity contribution is 5.89. The molecule has 2 saturated heterocycles. The third-order valence-corrected chi connectivity index (χ3v) is 6.52. The number of nitriles is 1. The number of anilines is 1. The van der Waals surface area contributed by atoms with Crippen LogP contribution in [0.4, 0.5) is 5.82 Å². The van der Waals surface area contributed by atoms with Crippen molar-refractivity contribution in [3.8, 4) is 6.07 Å². The largest absolute Gasteiger partial charge is 0.378 e. The van der Waals surface area contributed by atoms with Gasteiger partial charge in [-0.05, 0) is 56.7 Å². The fourth-order valence-electron chi connectivity index (χ4n) is 5.21. The molecule has 6 heteroatoms. The Balaban J connectivity index is 1.27. The van der Waals surface area contributed by atoms with E-state index >= 15 is 0 Å². The van der Waals surface area contributed by atoms with Crippen molar-refractivity contribution >= 4 is 16.7 Å². The van der Waals surface area contributed by atoms with Crippen LogP contribution in [0.3, 0.4) is 0 Å². The number of benzene rings is 1. The fourth-order valence-corrected chi connectivity index (χ4v) is 5.21. The molecule has 0 amide bonds. The molecule has 1 N–H and O–H groups in total. The standard InChI is InChI=1S/C21H25N5O/c22-10-14-1-8-20-19(9-14)21(24-13-23-20)25-15-2-4-16(5-3-15)26-17-6-7-18(26)12-27-11-17/h1,8-9,13,15-18H,2-7,11-12H2,(H,23,24,25)/t15-,16-,17?,18?. The summed E-state index contributed by atoms with van der Waals surface area (Å²) >= 11 is 0. The molecule has 5 rings (SSSR count). The molecular weight excluding hydrogens is 338 g/mol. The van der Waals surface area contributed by atoms with E-state index in [1.54, 1.807) is 12.4 Å². The second kappa shape index (κ2) is 7.06. The number of morpholine rings is 1. The molecule has 2 aromatic rings. The highest BCUT2D eigenvalue weighted by Gasteiger charge is 2.42. The number of fused-ring (bicyclic) bond motifs is 3. The van der Waals surface area contributed by atoms with Gasteiger partial charge < -0.3 is 10.1 Å². The van der Waals surface area contributed by atoms with Crippen molar-refractivity contribution in [1.29, 1.82) is 5.26 Å². The first-order valence-corrected chi connectivity index (χ1v) is 10.1. The van der Waals surface area contributed by atoms with E-state index in [1.165, 1.54) is 25.7 Å². The molecule has 3 aliphatic rings. The Labute approximate surface area is 159 Å². The number of aromatic nitrogens is 2. The zero-order valence-electron chi connectivity index (χ0n) is 15.5. The average molecular weight is 363 g/mol. The van der Waals surface area contributed by atoms with Gasteiger partial charge >= 0.3 is 0 Å². The van der Waals surface area contributed by atoms with E-state index in [2.05, 4.69) is 26.3 Å². The molecule has 6 nitrogen and oxygen atoms in total. The van der Waals surface area contributed by atoms with Crippen LogP contribution >= 0.6 is 0 Å². The van der Waals surface area contributed by atoms with E-state index in [9.17, 15) is 5.26 Å². The first-order chi connectivity index (χ1) is 13.3. The molecule has 0 spiro atoms. The van der Waals surface area contributed by atoms with Crippen molar-refractivity contribution in [1.82, 2.24) is 14.9 Å². The van der Waals surface area contributed by atoms with Gasteiger partial charge in [0, 0.05) is 29.6 Å². The number of hydrogen-bond donors (Lipinski definition) is 1. The van der Waals surface area contributed by atoms with Crippen molar-refractivity contribution in [2.45, 2.75) is 62.7 Å². The van der Waals surface area contributed by atoms with E-state index in [1.807, 2.05) is 12.1 Å². The van der Waals surface area contributed by atoms with Gasteiger partial charge in [-0.2, -0.15) is 5.26 Å². The Kier molecular flexibility index (Phi) is 4.42. The second-order valence-electron chi connectivity index (χ2n) is 8.09. The van der Waals surface area contributed by atoms with E-state index in [0.717, 1.165) is 42.8 Å². The molecule has 2 atom stereocenters. The average Bonchev–Trinajstić information content (AvgIpc) is 2.96. The van der Waals surface area contributed by atoms with Crippen LogP contribution in [0.2, 0.25) is 0 Å². The van der Waals surface area contributed by atoms with E-state index < -0.39 is 0 Å². The molecule has 1 aromatic heterocycles. The lowest BCUT2D eigenvalue weighted by molar-refractivity contribution is -0.0437. The lowest BCUT2D eigenvalue weighted by Gasteiger charge is -2.43. The van der Waals surface area contributed by atoms with Crippen LogP contribution in [0.15, 0.2) is 24.5 Å². The second-order valence-corrected chi connectivity index (χ2v) is 8.09. The van der Waals surface area contributed by atoms with Crippen LogP contribution in [0.5, 0.6) is 0 Å². The Bertz CT molecular complexity index is 854. The normalized spacial score (nSPS) is 30.9. The summed E-state index contributed by atoms with van der Waals surface area (Å²) in [7, 11) is 0. The Morgan fingerprint density at radius 2 is 1.74 bits per heavy atom. The van der Waals surface area contributed by atoms with Crippen molar-refractivity contribution in [2.75, 3.05) is 18.5 Å². The predicted molar refractivity (Wildman–Crippen MR) is 103 cm³/mol. The quantitative estimate of drug-likeness (QED) is 0.903. The first kappa shape index (κ1) is 16.9.